The van der Waals surface area contributed by atoms with E-state index >= 15 is 0 Å². The highest BCUT2D eigenvalue weighted by Crippen LogP contribution is 2.50. The fraction of sp³-hybridized carbons (Fsp3) is 0.636. The topological polar surface area (TPSA) is 50.6 Å². The van der Waals surface area contributed by atoms with Crippen LogP contribution >= 0.6 is 11.3 Å². The molecule has 0 bridgehead atoms. The van der Waals surface area contributed by atoms with Gasteiger partial charge in [-0.05, 0) is 44.2 Å². The zero-order chi connectivity index (χ0) is 20.6. The second-order valence-corrected chi connectivity index (χ2v) is 9.78. The van der Waals surface area contributed by atoms with Crippen molar-refractivity contribution in [3.05, 3.63) is 40.1 Å². The third-order valence-corrected chi connectivity index (χ3v) is 7.64. The summed E-state index contributed by atoms with van der Waals surface area (Å²) in [4.78, 5) is 24.2. The minimum absolute atomic E-state index is 0.141. The highest BCUT2D eigenvalue weighted by Gasteiger charge is 2.57. The number of hydrogen-bond acceptors (Lipinski definition) is 5. The third-order valence-electron chi connectivity index (χ3n) is 6.63. The molecule has 1 spiro atoms. The van der Waals surface area contributed by atoms with Crippen LogP contribution < -0.4 is 0 Å². The summed E-state index contributed by atoms with van der Waals surface area (Å²) in [7, 11) is 1.69. The van der Waals surface area contributed by atoms with Gasteiger partial charge in [-0.1, -0.05) is 0 Å². The largest absolute Gasteiger partial charge is 0.383 e. The first-order valence-electron chi connectivity index (χ1n) is 10.5. The zero-order valence-electron chi connectivity index (χ0n) is 17.9. The van der Waals surface area contributed by atoms with Gasteiger partial charge in [-0.3, -0.25) is 9.69 Å². The Hall–Kier alpha value is -1.70. The second kappa shape index (κ2) is 8.20. The van der Waals surface area contributed by atoms with Gasteiger partial charge < -0.3 is 14.2 Å². The summed E-state index contributed by atoms with van der Waals surface area (Å²) in [6.45, 7) is 11.2. The van der Waals surface area contributed by atoms with Crippen molar-refractivity contribution in [2.45, 2.75) is 45.7 Å². The second-order valence-electron chi connectivity index (χ2n) is 8.78. The van der Waals surface area contributed by atoms with Crippen LogP contribution in [0.4, 0.5) is 0 Å². The summed E-state index contributed by atoms with van der Waals surface area (Å²) in [5.41, 5.74) is 2.04. The number of hydrogen-bond donors (Lipinski definition) is 0. The van der Waals surface area contributed by atoms with Gasteiger partial charge in [0.15, 0.2) is 0 Å². The number of carbonyl (C=O) groups excluding carboxylic acids is 1. The summed E-state index contributed by atoms with van der Waals surface area (Å²) < 4.78 is 7.38. The van der Waals surface area contributed by atoms with Crippen molar-refractivity contribution in [3.8, 4) is 0 Å². The molecule has 6 nitrogen and oxygen atoms in total. The maximum absolute atomic E-state index is 13.6. The van der Waals surface area contributed by atoms with Gasteiger partial charge in [0.1, 0.15) is 0 Å². The van der Waals surface area contributed by atoms with Crippen molar-refractivity contribution in [1.29, 1.82) is 0 Å². The number of nitrogens with zero attached hydrogens (tertiary/aromatic N) is 4. The van der Waals surface area contributed by atoms with E-state index in [1.807, 2.05) is 22.6 Å². The van der Waals surface area contributed by atoms with E-state index in [4.69, 9.17) is 9.72 Å². The molecule has 2 aromatic heterocycles. The van der Waals surface area contributed by atoms with Gasteiger partial charge in [-0.15, -0.1) is 11.3 Å². The van der Waals surface area contributed by atoms with Crippen molar-refractivity contribution >= 4 is 17.2 Å². The number of aromatic nitrogens is 2. The molecule has 0 aromatic carbocycles. The number of methoxy groups -OCH3 is 1. The summed E-state index contributed by atoms with van der Waals surface area (Å²) >= 11 is 1.81. The molecule has 0 N–H and O–H groups in total. The minimum atomic E-state index is -0.366. The van der Waals surface area contributed by atoms with Crippen molar-refractivity contribution < 1.29 is 9.53 Å². The van der Waals surface area contributed by atoms with Gasteiger partial charge in [0.05, 0.1) is 24.0 Å². The van der Waals surface area contributed by atoms with Gasteiger partial charge in [-0.25, -0.2) is 4.98 Å². The monoisotopic (exact) mass is 416 g/mol. The molecule has 2 aromatic rings. The Morgan fingerprint density at radius 1 is 1.41 bits per heavy atom. The quantitative estimate of drug-likeness (QED) is 0.695. The smallest absolute Gasteiger partial charge is 0.230 e. The number of amides is 1. The van der Waals surface area contributed by atoms with Gasteiger partial charge in [0, 0.05) is 62.9 Å². The standard InChI is InChI=1S/C22H32N4O2S/c1-16(2)26-12-19(23-15-26)18-11-24(13-20-17(3)5-10-29-20)14-22(18)6-7-25(21(22)27)8-9-28-4/h5,10,12,15-16,18H,6-9,11,13-14H2,1-4H3/t18-,22+/m1/s1. The Morgan fingerprint density at radius 3 is 2.90 bits per heavy atom. The van der Waals surface area contributed by atoms with E-state index in [2.05, 4.69) is 47.9 Å². The molecule has 0 saturated carbocycles. The molecule has 2 fully saturated rings. The van der Waals surface area contributed by atoms with E-state index in [1.165, 1.54) is 10.4 Å². The summed E-state index contributed by atoms with van der Waals surface area (Å²) in [5.74, 6) is 0.423. The van der Waals surface area contributed by atoms with E-state index < -0.39 is 0 Å². The molecule has 2 aliphatic heterocycles. The van der Waals surface area contributed by atoms with E-state index in [0.29, 0.717) is 19.2 Å². The highest BCUT2D eigenvalue weighted by molar-refractivity contribution is 7.10. The average molecular weight is 417 g/mol. The lowest BCUT2D eigenvalue weighted by Gasteiger charge is -2.28. The number of carbonyl (C=O) groups is 1. The predicted molar refractivity (Wildman–Crippen MR) is 115 cm³/mol. The number of rotatable bonds is 7. The third kappa shape index (κ3) is 3.76. The normalized spacial score (nSPS) is 25.2. The van der Waals surface area contributed by atoms with Gasteiger partial charge in [-0.2, -0.15) is 0 Å². The Labute approximate surface area is 177 Å². The minimum Gasteiger partial charge on any atom is -0.383 e. The Balaban J connectivity index is 1.62. The van der Waals surface area contributed by atoms with E-state index in [0.717, 1.165) is 38.3 Å². The molecule has 0 unspecified atom stereocenters. The van der Waals surface area contributed by atoms with Crippen molar-refractivity contribution in [2.75, 3.05) is 39.9 Å². The molecular weight excluding hydrogens is 384 g/mol. The maximum Gasteiger partial charge on any atom is 0.230 e. The maximum atomic E-state index is 13.6. The Bertz CT molecular complexity index is 861. The molecule has 2 aliphatic rings. The molecule has 2 saturated heterocycles. The van der Waals surface area contributed by atoms with E-state index in [1.54, 1.807) is 7.11 Å². The SMILES string of the molecule is COCCN1CC[C@@]2(CN(Cc3sccc3C)C[C@@H]2c2cn(C(C)C)cn2)C1=O. The molecule has 7 heteroatoms. The number of thiophene rings is 1. The van der Waals surface area contributed by atoms with Crippen LogP contribution in [0.15, 0.2) is 24.0 Å². The molecule has 0 radical (unpaired) electrons. The van der Waals surface area contributed by atoms with Crippen LogP contribution in [-0.4, -0.2) is 65.2 Å². The van der Waals surface area contributed by atoms with Gasteiger partial charge >= 0.3 is 0 Å². The molecule has 0 aliphatic carbocycles. The molecule has 4 heterocycles. The number of imidazole rings is 1. The lowest BCUT2D eigenvalue weighted by Crippen LogP contribution is -2.40. The lowest BCUT2D eigenvalue weighted by molar-refractivity contribution is -0.136. The van der Waals surface area contributed by atoms with Crippen molar-refractivity contribution in [2.24, 2.45) is 5.41 Å². The average Bonchev–Trinajstić information content (AvgIpc) is 3.45. The van der Waals surface area contributed by atoms with Crippen LogP contribution in [0.5, 0.6) is 0 Å². The van der Waals surface area contributed by atoms with Crippen molar-refractivity contribution in [1.82, 2.24) is 19.4 Å². The molecular formula is C22H32N4O2S. The van der Waals surface area contributed by atoms with Crippen LogP contribution in [0, 0.1) is 12.3 Å². The summed E-state index contributed by atoms with van der Waals surface area (Å²) in [6.07, 6.45) is 4.97. The van der Waals surface area contributed by atoms with Crippen molar-refractivity contribution in [3.63, 3.8) is 0 Å². The van der Waals surface area contributed by atoms with Gasteiger partial charge in [0.2, 0.25) is 5.91 Å². The number of ether oxygens (including phenoxy) is 1. The van der Waals surface area contributed by atoms with Crippen LogP contribution in [0.2, 0.25) is 0 Å². The van der Waals surface area contributed by atoms with E-state index in [9.17, 15) is 4.79 Å². The fourth-order valence-corrected chi connectivity index (χ4v) is 5.78. The summed E-state index contributed by atoms with van der Waals surface area (Å²) in [5, 5.41) is 2.16. The molecule has 158 valence electrons. The Morgan fingerprint density at radius 2 is 2.24 bits per heavy atom. The number of aryl methyl sites for hydroxylation is 1. The lowest BCUT2D eigenvalue weighted by atomic mass is 9.75. The number of likely N-dealkylation sites (tertiary alicyclic amines) is 2. The van der Waals surface area contributed by atoms with E-state index in [-0.39, 0.29) is 17.2 Å². The molecule has 1 amide bonds. The molecule has 4 rings (SSSR count). The van der Waals surface area contributed by atoms with Crippen LogP contribution in [0.3, 0.4) is 0 Å². The van der Waals surface area contributed by atoms with Gasteiger partial charge in [0.25, 0.3) is 0 Å². The summed E-state index contributed by atoms with van der Waals surface area (Å²) in [6, 6.07) is 2.55. The Kier molecular flexibility index (Phi) is 5.82. The molecule has 29 heavy (non-hydrogen) atoms. The van der Waals surface area contributed by atoms with Crippen LogP contribution in [0.25, 0.3) is 0 Å². The first-order chi connectivity index (χ1) is 13.9. The first-order valence-corrected chi connectivity index (χ1v) is 11.4. The highest BCUT2D eigenvalue weighted by atomic mass is 32.1. The van der Waals surface area contributed by atoms with Crippen LogP contribution in [-0.2, 0) is 16.1 Å². The fourth-order valence-electron chi connectivity index (χ4n) is 4.83. The first kappa shape index (κ1) is 20.6. The zero-order valence-corrected chi connectivity index (χ0v) is 18.7. The van der Waals surface area contributed by atoms with Crippen LogP contribution in [0.1, 0.15) is 48.4 Å². The molecule has 2 atom stereocenters. The predicted octanol–water partition coefficient (Wildman–Crippen LogP) is 3.30.